The number of tetrazole rings is 1. The van der Waals surface area contributed by atoms with Gasteiger partial charge in [0.15, 0.2) is 6.61 Å². The van der Waals surface area contributed by atoms with E-state index in [0.29, 0.717) is 16.6 Å². The smallest absolute Gasteiger partial charge is 0.340 e. The maximum atomic E-state index is 12.9. The van der Waals surface area contributed by atoms with Crippen molar-refractivity contribution in [2.75, 3.05) is 13.2 Å². The number of carbonyl (C=O) groups excluding carboxylic acids is 2. The molecule has 1 saturated heterocycles. The average Bonchev–Trinajstić information content (AvgIpc) is 3.24. The van der Waals surface area contributed by atoms with Crippen LogP contribution in [0.25, 0.3) is 0 Å². The molecule has 12 heteroatoms. The Hall–Kier alpha value is -3.02. The number of carbonyl (C=O) groups is 2. The molecule has 2 aromatic rings. The van der Waals surface area contributed by atoms with E-state index in [9.17, 15) is 19.7 Å². The molecule has 0 N–H and O–H groups in total. The molecular weight excluding hydrogens is 448 g/mol. The average molecular weight is 475 g/mol. The molecule has 33 heavy (non-hydrogen) atoms. The quantitative estimate of drug-likeness (QED) is 0.352. The van der Waals surface area contributed by atoms with Crippen molar-refractivity contribution in [3.8, 4) is 0 Å². The summed E-state index contributed by atoms with van der Waals surface area (Å²) >= 11 is 1.08. The zero-order valence-corrected chi connectivity index (χ0v) is 19.8. The van der Waals surface area contributed by atoms with Crippen molar-refractivity contribution in [2.24, 2.45) is 17.9 Å². The normalized spacial score (nSPS) is 23.4. The first kappa shape index (κ1) is 23.1. The number of nitro benzene ring substituents is 1. The largest absolute Gasteiger partial charge is 0.452 e. The first-order valence-electron chi connectivity index (χ1n) is 10.6. The third kappa shape index (κ3) is 4.85. The van der Waals surface area contributed by atoms with Gasteiger partial charge in [-0.3, -0.25) is 14.9 Å². The topological polar surface area (TPSA) is 133 Å². The Morgan fingerprint density at radius 2 is 2.06 bits per heavy atom. The molecular formula is C21H26N6O5S. The summed E-state index contributed by atoms with van der Waals surface area (Å²) in [6.07, 6.45) is 2.92. The highest BCUT2D eigenvalue weighted by Gasteiger charge is 2.51. The molecule has 1 amide bonds. The number of benzene rings is 1. The van der Waals surface area contributed by atoms with Gasteiger partial charge in [-0.15, -0.1) is 5.10 Å². The molecule has 4 rings (SSSR count). The lowest BCUT2D eigenvalue weighted by atomic mass is 9.65. The summed E-state index contributed by atoms with van der Waals surface area (Å²) in [6.45, 7) is 6.88. The molecule has 0 radical (unpaired) electrons. The second-order valence-corrected chi connectivity index (χ2v) is 10.9. The number of nitrogens with zero attached hydrogens (tertiary/aromatic N) is 6. The van der Waals surface area contributed by atoms with Crippen molar-refractivity contribution in [1.82, 2.24) is 25.1 Å². The molecule has 2 aliphatic rings. The maximum Gasteiger partial charge on any atom is 0.340 e. The molecule has 1 aliphatic carbocycles. The van der Waals surface area contributed by atoms with E-state index in [1.807, 2.05) is 4.90 Å². The van der Waals surface area contributed by atoms with E-state index in [1.54, 1.807) is 7.05 Å². The van der Waals surface area contributed by atoms with Crippen molar-refractivity contribution in [3.05, 3.63) is 33.9 Å². The Kier molecular flexibility index (Phi) is 5.89. The van der Waals surface area contributed by atoms with Gasteiger partial charge in [0.05, 0.1) is 10.5 Å². The van der Waals surface area contributed by atoms with Gasteiger partial charge < -0.3 is 9.64 Å². The number of aromatic nitrogens is 4. The number of hydrogen-bond donors (Lipinski definition) is 0. The van der Waals surface area contributed by atoms with Crippen molar-refractivity contribution < 1.29 is 19.2 Å². The van der Waals surface area contributed by atoms with Gasteiger partial charge in [-0.05, 0) is 58.3 Å². The van der Waals surface area contributed by atoms with Crippen LogP contribution in [0.4, 0.5) is 5.69 Å². The number of likely N-dealkylation sites (tertiary alicyclic amines) is 1. The fraction of sp³-hybridized carbons (Fsp3) is 0.571. The minimum absolute atomic E-state index is 0.0155. The van der Waals surface area contributed by atoms with Gasteiger partial charge in [0, 0.05) is 36.7 Å². The highest BCUT2D eigenvalue weighted by atomic mass is 32.2. The number of fused-ring (bicyclic) bond motifs is 2. The molecule has 176 valence electrons. The predicted octanol–water partition coefficient (Wildman–Crippen LogP) is 2.85. The molecule has 1 aromatic carbocycles. The molecule has 0 unspecified atom stereocenters. The van der Waals surface area contributed by atoms with E-state index in [0.717, 1.165) is 37.1 Å². The third-order valence-electron chi connectivity index (χ3n) is 6.24. The van der Waals surface area contributed by atoms with Crippen LogP contribution in [0.3, 0.4) is 0 Å². The number of non-ortho nitro benzene ring substituents is 1. The van der Waals surface area contributed by atoms with Gasteiger partial charge in [0.25, 0.3) is 11.6 Å². The molecule has 11 nitrogen and oxygen atoms in total. The van der Waals surface area contributed by atoms with Crippen molar-refractivity contribution in [2.45, 2.75) is 56.1 Å². The molecule has 1 aliphatic heterocycles. The van der Waals surface area contributed by atoms with Crippen LogP contribution >= 0.6 is 11.8 Å². The van der Waals surface area contributed by atoms with Crippen LogP contribution in [0.15, 0.2) is 28.3 Å². The second kappa shape index (κ2) is 8.40. The highest BCUT2D eigenvalue weighted by Crippen LogP contribution is 2.52. The molecule has 1 saturated carbocycles. The maximum absolute atomic E-state index is 12.9. The summed E-state index contributed by atoms with van der Waals surface area (Å²) in [5.41, 5.74) is -0.0387. The highest BCUT2D eigenvalue weighted by molar-refractivity contribution is 7.99. The number of nitro groups is 1. The lowest BCUT2D eigenvalue weighted by Crippen LogP contribution is -2.39. The van der Waals surface area contributed by atoms with E-state index >= 15 is 0 Å². The summed E-state index contributed by atoms with van der Waals surface area (Å²) in [5, 5.41) is 22.8. The van der Waals surface area contributed by atoms with Gasteiger partial charge in [0.1, 0.15) is 0 Å². The summed E-state index contributed by atoms with van der Waals surface area (Å²) in [7, 11) is 1.64. The van der Waals surface area contributed by atoms with E-state index in [-0.39, 0.29) is 34.0 Å². The molecule has 2 heterocycles. The minimum Gasteiger partial charge on any atom is -0.452 e. The van der Waals surface area contributed by atoms with E-state index in [4.69, 9.17) is 4.74 Å². The summed E-state index contributed by atoms with van der Waals surface area (Å²) in [5.74, 6) is -1.05. The molecule has 2 bridgehead atoms. The van der Waals surface area contributed by atoms with Crippen LogP contribution in [-0.4, -0.2) is 61.1 Å². The third-order valence-corrected chi connectivity index (χ3v) is 7.34. The minimum atomic E-state index is -0.807. The zero-order valence-electron chi connectivity index (χ0n) is 19.0. The van der Waals surface area contributed by atoms with Crippen LogP contribution in [0.5, 0.6) is 0 Å². The van der Waals surface area contributed by atoms with Crippen LogP contribution < -0.4 is 0 Å². The zero-order chi connectivity index (χ0) is 24.0. The lowest BCUT2D eigenvalue weighted by molar-refractivity contribution is -0.384. The number of rotatable bonds is 6. The standard InChI is InChI=1S/C21H26N6O5S/c1-20(2)8-14-9-21(3,11-20)12-26(14)17(28)10-32-18(29)15-7-13(27(30)31)5-6-16(15)33-19-22-23-24-25(19)4/h5-7,14H,8-12H2,1-4H3/t14-,21-/m1/s1. The van der Waals surface area contributed by atoms with Crippen molar-refractivity contribution in [1.29, 1.82) is 0 Å². The predicted molar refractivity (Wildman–Crippen MR) is 118 cm³/mol. The molecule has 2 fully saturated rings. The van der Waals surface area contributed by atoms with Crippen LogP contribution in [0.2, 0.25) is 0 Å². The van der Waals surface area contributed by atoms with E-state index < -0.39 is 17.5 Å². The summed E-state index contributed by atoms with van der Waals surface area (Å²) in [6, 6.07) is 4.02. The fourth-order valence-electron chi connectivity index (χ4n) is 5.33. The van der Waals surface area contributed by atoms with Gasteiger partial charge in [-0.2, -0.15) is 0 Å². The Morgan fingerprint density at radius 1 is 1.30 bits per heavy atom. The SMILES string of the molecule is Cn1nnnc1Sc1ccc([N+](=O)[O-])cc1C(=O)OCC(=O)N1C[C@]2(C)C[C@H]1CC(C)(C)C2. The van der Waals surface area contributed by atoms with Gasteiger partial charge in [0.2, 0.25) is 5.16 Å². The number of esters is 1. The van der Waals surface area contributed by atoms with E-state index in [2.05, 4.69) is 36.3 Å². The Morgan fingerprint density at radius 3 is 2.73 bits per heavy atom. The van der Waals surface area contributed by atoms with Crippen LogP contribution in [0.1, 0.15) is 50.4 Å². The van der Waals surface area contributed by atoms with E-state index in [1.165, 1.54) is 16.8 Å². The number of aryl methyl sites for hydroxylation is 1. The summed E-state index contributed by atoms with van der Waals surface area (Å²) in [4.78, 5) is 38.7. The Bertz CT molecular complexity index is 1120. The molecule has 0 spiro atoms. The van der Waals surface area contributed by atoms with Crippen LogP contribution in [0, 0.1) is 20.9 Å². The monoisotopic (exact) mass is 474 g/mol. The number of ether oxygens (including phenoxy) is 1. The number of hydrogen-bond acceptors (Lipinski definition) is 9. The van der Waals surface area contributed by atoms with Gasteiger partial charge in [-0.25, -0.2) is 9.48 Å². The summed E-state index contributed by atoms with van der Waals surface area (Å²) < 4.78 is 6.75. The molecule has 2 atom stereocenters. The fourth-order valence-corrected chi connectivity index (χ4v) is 6.16. The van der Waals surface area contributed by atoms with Crippen molar-refractivity contribution in [3.63, 3.8) is 0 Å². The molecule has 1 aromatic heterocycles. The number of amides is 1. The first-order valence-corrected chi connectivity index (χ1v) is 11.4. The Labute approximate surface area is 195 Å². The lowest BCUT2D eigenvalue weighted by Gasteiger charge is -2.39. The van der Waals surface area contributed by atoms with Crippen LogP contribution in [-0.2, 0) is 16.6 Å². The first-order chi connectivity index (χ1) is 15.5. The van der Waals surface area contributed by atoms with Gasteiger partial charge in [-0.1, -0.05) is 20.8 Å². The van der Waals surface area contributed by atoms with Crippen molar-refractivity contribution >= 4 is 29.3 Å². The van der Waals surface area contributed by atoms with Gasteiger partial charge >= 0.3 is 5.97 Å². The Balaban J connectivity index is 1.49. The second-order valence-electron chi connectivity index (χ2n) is 9.94.